The number of unbranched alkanes of at least 4 members (excludes halogenated alkanes) is 6. The Kier molecular flexibility index (Phi) is 7.10. The Morgan fingerprint density at radius 3 is 2.12 bits per heavy atom. The zero-order valence-electron chi connectivity index (χ0n) is 14.1. The van der Waals surface area contributed by atoms with Gasteiger partial charge in [-0.1, -0.05) is 69.7 Å². The van der Waals surface area contributed by atoms with Crippen LogP contribution < -0.4 is 0 Å². The van der Waals surface area contributed by atoms with Crippen molar-refractivity contribution in [3.8, 4) is 0 Å². The van der Waals surface area contributed by atoms with E-state index in [0.29, 0.717) is 23.1 Å². The number of allylic oxidation sites excluding steroid dienone is 2. The van der Waals surface area contributed by atoms with Crippen molar-refractivity contribution in [1.82, 2.24) is 0 Å². The van der Waals surface area contributed by atoms with E-state index in [4.69, 9.17) is 0 Å². The van der Waals surface area contributed by atoms with Gasteiger partial charge < -0.3 is 0 Å². The lowest BCUT2D eigenvalue weighted by molar-refractivity contribution is -0.115. The van der Waals surface area contributed by atoms with Gasteiger partial charge in [0.1, 0.15) is 0 Å². The molecule has 0 aromatic heterocycles. The van der Waals surface area contributed by atoms with Gasteiger partial charge in [-0.25, -0.2) is 0 Å². The highest BCUT2D eigenvalue weighted by molar-refractivity contribution is 9.12. The molecule has 0 aliphatic heterocycles. The molecule has 0 bridgehead atoms. The van der Waals surface area contributed by atoms with Gasteiger partial charge in [-0.3, -0.25) is 14.4 Å². The molecule has 0 N–H and O–H groups in total. The maximum atomic E-state index is 12.6. The number of carbonyl (C=O) groups excluding carboxylic acids is 3. The maximum absolute atomic E-state index is 12.6. The maximum Gasteiger partial charge on any atom is 0.241 e. The zero-order chi connectivity index (χ0) is 17.5. The van der Waals surface area contributed by atoms with E-state index in [1.165, 1.54) is 25.7 Å². The van der Waals surface area contributed by atoms with Crippen molar-refractivity contribution in [3.05, 3.63) is 39.9 Å². The Morgan fingerprint density at radius 1 is 0.875 bits per heavy atom. The number of fused-ring (bicyclic) bond motifs is 1. The summed E-state index contributed by atoms with van der Waals surface area (Å²) >= 11 is 3.17. The molecule has 1 aliphatic carbocycles. The SMILES string of the molecule is CCCCCCCCCC(=O)C1=C(Br)C(=O)C(=O)c2ccccc21. The third kappa shape index (κ3) is 4.29. The van der Waals surface area contributed by atoms with Crippen molar-refractivity contribution in [2.75, 3.05) is 0 Å². The van der Waals surface area contributed by atoms with Crippen molar-refractivity contribution in [1.29, 1.82) is 0 Å². The third-order valence-electron chi connectivity index (χ3n) is 4.35. The van der Waals surface area contributed by atoms with Crippen LogP contribution in [-0.4, -0.2) is 17.3 Å². The van der Waals surface area contributed by atoms with Crippen LogP contribution in [0.25, 0.3) is 5.57 Å². The highest BCUT2D eigenvalue weighted by atomic mass is 79.9. The Morgan fingerprint density at radius 2 is 1.46 bits per heavy atom. The summed E-state index contributed by atoms with van der Waals surface area (Å²) < 4.78 is 0.110. The van der Waals surface area contributed by atoms with E-state index in [9.17, 15) is 14.4 Å². The molecule has 128 valence electrons. The number of hydrogen-bond acceptors (Lipinski definition) is 3. The van der Waals surface area contributed by atoms with E-state index in [-0.39, 0.29) is 10.3 Å². The van der Waals surface area contributed by atoms with Crippen LogP contribution in [0.4, 0.5) is 0 Å². The number of halogens is 1. The van der Waals surface area contributed by atoms with E-state index in [1.807, 2.05) is 0 Å². The fraction of sp³-hybridized carbons (Fsp3) is 0.450. The average Bonchev–Trinajstić information content (AvgIpc) is 2.59. The molecule has 3 nitrogen and oxygen atoms in total. The predicted molar refractivity (Wildman–Crippen MR) is 99.2 cm³/mol. The Hall–Kier alpha value is -1.55. The molecule has 0 unspecified atom stereocenters. The van der Waals surface area contributed by atoms with Crippen molar-refractivity contribution < 1.29 is 14.4 Å². The number of hydrogen-bond donors (Lipinski definition) is 0. The molecule has 1 aliphatic rings. The van der Waals surface area contributed by atoms with Gasteiger partial charge in [-0.05, 0) is 27.9 Å². The fourth-order valence-corrected chi connectivity index (χ4v) is 3.61. The molecule has 0 fully saturated rings. The molecule has 0 atom stereocenters. The first kappa shape index (κ1) is 18.8. The molecular formula is C20H23BrO3. The Balaban J connectivity index is 2.00. The topological polar surface area (TPSA) is 51.2 Å². The number of ketones is 3. The second-order valence-corrected chi connectivity index (χ2v) is 6.98. The highest BCUT2D eigenvalue weighted by Gasteiger charge is 2.33. The Bertz CT molecular complexity index is 673. The first-order chi connectivity index (χ1) is 11.6. The first-order valence-corrected chi connectivity index (χ1v) is 9.48. The van der Waals surface area contributed by atoms with Crippen LogP contribution in [-0.2, 0) is 9.59 Å². The van der Waals surface area contributed by atoms with E-state index in [0.717, 1.165) is 19.3 Å². The summed E-state index contributed by atoms with van der Waals surface area (Å²) in [5.74, 6) is -1.25. The van der Waals surface area contributed by atoms with Gasteiger partial charge in [0, 0.05) is 17.6 Å². The summed E-state index contributed by atoms with van der Waals surface area (Å²) in [7, 11) is 0. The monoisotopic (exact) mass is 390 g/mol. The van der Waals surface area contributed by atoms with Crippen molar-refractivity contribution >= 4 is 38.9 Å². The summed E-state index contributed by atoms with van der Waals surface area (Å²) in [5.41, 5.74) is 1.26. The molecule has 0 saturated heterocycles. The lowest BCUT2D eigenvalue weighted by atomic mass is 9.86. The second-order valence-electron chi connectivity index (χ2n) is 6.19. The van der Waals surface area contributed by atoms with Gasteiger partial charge in [0.05, 0.1) is 4.48 Å². The molecule has 2 rings (SSSR count). The lowest BCUT2D eigenvalue weighted by Gasteiger charge is -2.17. The molecular weight excluding hydrogens is 368 g/mol. The van der Waals surface area contributed by atoms with Gasteiger partial charge in [0.25, 0.3) is 0 Å². The van der Waals surface area contributed by atoms with Crippen LogP contribution in [0.3, 0.4) is 0 Å². The van der Waals surface area contributed by atoms with Gasteiger partial charge in [-0.15, -0.1) is 0 Å². The normalized spacial score (nSPS) is 14.1. The van der Waals surface area contributed by atoms with E-state index < -0.39 is 11.6 Å². The van der Waals surface area contributed by atoms with Crippen molar-refractivity contribution in [3.63, 3.8) is 0 Å². The van der Waals surface area contributed by atoms with E-state index in [2.05, 4.69) is 22.9 Å². The van der Waals surface area contributed by atoms with Gasteiger partial charge in [0.2, 0.25) is 11.6 Å². The molecule has 24 heavy (non-hydrogen) atoms. The third-order valence-corrected chi connectivity index (χ3v) is 5.11. The smallest absolute Gasteiger partial charge is 0.241 e. The summed E-state index contributed by atoms with van der Waals surface area (Å²) in [4.78, 5) is 36.7. The van der Waals surface area contributed by atoms with Crippen LogP contribution in [0.15, 0.2) is 28.7 Å². The zero-order valence-corrected chi connectivity index (χ0v) is 15.7. The van der Waals surface area contributed by atoms with E-state index >= 15 is 0 Å². The van der Waals surface area contributed by atoms with Crippen LogP contribution in [0, 0.1) is 0 Å². The average molecular weight is 391 g/mol. The predicted octanol–water partition coefficient (Wildman–Crippen LogP) is 5.27. The molecule has 0 spiro atoms. The number of Topliss-reactive ketones (excluding diaryl/α,β-unsaturated/α-hetero) is 3. The molecule has 0 heterocycles. The number of benzene rings is 1. The minimum atomic E-state index is -0.628. The quantitative estimate of drug-likeness (QED) is 0.426. The highest BCUT2D eigenvalue weighted by Crippen LogP contribution is 2.34. The standard InChI is InChI=1S/C20H23BrO3/c1-2-3-4-5-6-7-8-13-16(22)17-14-11-9-10-12-15(14)19(23)20(24)18(17)21/h9-12H,2-8,13H2,1H3. The molecule has 0 radical (unpaired) electrons. The summed E-state index contributed by atoms with van der Waals surface area (Å²) in [6.45, 7) is 2.19. The first-order valence-electron chi connectivity index (χ1n) is 8.69. The fourth-order valence-electron chi connectivity index (χ4n) is 2.99. The van der Waals surface area contributed by atoms with Crippen LogP contribution in [0.5, 0.6) is 0 Å². The lowest BCUT2D eigenvalue weighted by Crippen LogP contribution is -2.24. The molecule has 0 amide bonds. The summed E-state index contributed by atoms with van der Waals surface area (Å²) in [6.07, 6.45) is 8.36. The minimum absolute atomic E-state index is 0.0660. The van der Waals surface area contributed by atoms with Gasteiger partial charge in [-0.2, -0.15) is 0 Å². The van der Waals surface area contributed by atoms with Crippen molar-refractivity contribution in [2.45, 2.75) is 58.3 Å². The molecule has 1 aromatic rings. The largest absolute Gasteiger partial charge is 0.294 e. The van der Waals surface area contributed by atoms with Crippen LogP contribution in [0.1, 0.15) is 74.2 Å². The second kappa shape index (κ2) is 9.07. The number of rotatable bonds is 9. The number of carbonyl (C=O) groups is 3. The summed E-state index contributed by atoms with van der Waals surface area (Å²) in [5, 5.41) is 0. The Labute approximate surface area is 151 Å². The molecule has 4 heteroatoms. The molecule has 0 saturated carbocycles. The van der Waals surface area contributed by atoms with Gasteiger partial charge >= 0.3 is 0 Å². The molecule has 1 aromatic carbocycles. The van der Waals surface area contributed by atoms with Crippen LogP contribution in [0.2, 0.25) is 0 Å². The summed E-state index contributed by atoms with van der Waals surface area (Å²) in [6, 6.07) is 6.83. The van der Waals surface area contributed by atoms with Gasteiger partial charge in [0.15, 0.2) is 5.78 Å². The van der Waals surface area contributed by atoms with Crippen molar-refractivity contribution in [2.24, 2.45) is 0 Å². The van der Waals surface area contributed by atoms with Crippen LogP contribution >= 0.6 is 15.9 Å². The van der Waals surface area contributed by atoms with E-state index in [1.54, 1.807) is 24.3 Å². The minimum Gasteiger partial charge on any atom is -0.294 e.